The number of amides is 1. The highest BCUT2D eigenvalue weighted by Crippen LogP contribution is 2.36. The fraction of sp³-hybridized carbons (Fsp3) is 0.167. The van der Waals surface area contributed by atoms with Crippen LogP contribution in [-0.2, 0) is 4.79 Å². The summed E-state index contributed by atoms with van der Waals surface area (Å²) in [6.45, 7) is 4.15. The first-order valence-corrected chi connectivity index (χ1v) is 10.7. The molecule has 3 rings (SSSR count). The Morgan fingerprint density at radius 3 is 2.28 bits per heavy atom. The molecule has 3 N–H and O–H groups in total. The van der Waals surface area contributed by atoms with E-state index in [4.69, 9.17) is 5.73 Å². The Morgan fingerprint density at radius 2 is 1.72 bits per heavy atom. The average molecular weight is 446 g/mol. The Bertz CT molecular complexity index is 1230. The number of hydrogen-bond donors (Lipinski definition) is 2. The number of nitrogen functional groups attached to an aromatic ring is 1. The number of nitrogens with two attached hydrogens (primary N) is 1. The van der Waals surface area contributed by atoms with Crippen molar-refractivity contribution in [3.8, 4) is 23.3 Å². The van der Waals surface area contributed by atoms with Crippen molar-refractivity contribution in [1.29, 1.82) is 10.5 Å². The highest BCUT2D eigenvalue weighted by molar-refractivity contribution is 8.00. The number of rotatable bonds is 6. The van der Waals surface area contributed by atoms with Gasteiger partial charge in [-0.05, 0) is 41.3 Å². The van der Waals surface area contributed by atoms with Crippen molar-refractivity contribution in [2.24, 2.45) is 0 Å². The van der Waals surface area contributed by atoms with Crippen LogP contribution in [0.25, 0.3) is 11.1 Å². The molecule has 0 fully saturated rings. The van der Waals surface area contributed by atoms with Gasteiger partial charge in [0, 0.05) is 11.3 Å². The van der Waals surface area contributed by atoms with Crippen LogP contribution in [-0.4, -0.2) is 16.6 Å². The number of pyridine rings is 1. The van der Waals surface area contributed by atoms with Crippen molar-refractivity contribution < 1.29 is 9.18 Å². The summed E-state index contributed by atoms with van der Waals surface area (Å²) in [5.74, 6) is -0.463. The lowest BCUT2D eigenvalue weighted by Crippen LogP contribution is -2.14. The zero-order chi connectivity index (χ0) is 23.3. The molecule has 0 aliphatic heterocycles. The van der Waals surface area contributed by atoms with Crippen LogP contribution in [0.1, 0.15) is 36.5 Å². The molecule has 1 heterocycles. The zero-order valence-electron chi connectivity index (χ0n) is 17.5. The van der Waals surface area contributed by atoms with E-state index in [9.17, 15) is 19.7 Å². The summed E-state index contributed by atoms with van der Waals surface area (Å²) in [4.78, 5) is 16.5. The molecule has 0 atom stereocenters. The van der Waals surface area contributed by atoms with Crippen LogP contribution in [0.2, 0.25) is 0 Å². The normalized spacial score (nSPS) is 10.4. The highest BCUT2D eigenvalue weighted by atomic mass is 32.2. The molecule has 6 nitrogen and oxygen atoms in total. The van der Waals surface area contributed by atoms with E-state index in [2.05, 4.69) is 30.2 Å². The summed E-state index contributed by atoms with van der Waals surface area (Å²) in [6.07, 6.45) is 0. The van der Waals surface area contributed by atoms with E-state index in [0.717, 1.165) is 17.3 Å². The molecular formula is C24H20FN5OS. The van der Waals surface area contributed by atoms with Gasteiger partial charge in [-0.2, -0.15) is 10.5 Å². The maximum atomic E-state index is 13.0. The minimum Gasteiger partial charge on any atom is -0.383 e. The zero-order valence-corrected chi connectivity index (χ0v) is 18.3. The monoisotopic (exact) mass is 445 g/mol. The lowest BCUT2D eigenvalue weighted by Gasteiger charge is -2.14. The Kier molecular flexibility index (Phi) is 7.09. The van der Waals surface area contributed by atoms with E-state index in [0.29, 0.717) is 22.7 Å². The molecule has 3 aromatic rings. The first kappa shape index (κ1) is 22.8. The smallest absolute Gasteiger partial charge is 0.234 e. The molecule has 0 bridgehead atoms. The van der Waals surface area contributed by atoms with Crippen LogP contribution in [0.5, 0.6) is 0 Å². The van der Waals surface area contributed by atoms with Gasteiger partial charge >= 0.3 is 0 Å². The summed E-state index contributed by atoms with van der Waals surface area (Å²) in [5, 5.41) is 22.4. The van der Waals surface area contributed by atoms with E-state index >= 15 is 0 Å². The van der Waals surface area contributed by atoms with Crippen molar-refractivity contribution in [3.63, 3.8) is 0 Å². The highest BCUT2D eigenvalue weighted by Gasteiger charge is 2.21. The van der Waals surface area contributed by atoms with Crippen LogP contribution in [0.4, 0.5) is 15.9 Å². The van der Waals surface area contributed by atoms with E-state index in [-0.39, 0.29) is 33.6 Å². The number of hydrogen-bond acceptors (Lipinski definition) is 6. The number of nitrogens with one attached hydrogen (secondary N) is 1. The minimum atomic E-state index is -0.401. The minimum absolute atomic E-state index is 0.00382. The van der Waals surface area contributed by atoms with Crippen LogP contribution in [0.15, 0.2) is 53.6 Å². The standard InChI is InChI=1S/C24H20FN5OS/c1-14(2)15-3-5-16(6-4-15)22-19(11-26)23(28)30-24(20(22)12-27)32-13-21(31)29-18-9-7-17(25)8-10-18/h3-10,14H,13H2,1-2H3,(H2,28,30)(H,29,31). The van der Waals surface area contributed by atoms with Gasteiger partial charge in [-0.3, -0.25) is 4.79 Å². The first-order chi connectivity index (χ1) is 15.3. The molecule has 0 radical (unpaired) electrons. The number of thioether (sulfide) groups is 1. The van der Waals surface area contributed by atoms with Crippen molar-refractivity contribution in [3.05, 3.63) is 71.0 Å². The average Bonchev–Trinajstić information content (AvgIpc) is 2.78. The number of nitrogens with zero attached hydrogens (tertiary/aromatic N) is 3. The Hall–Kier alpha value is -3.88. The molecule has 1 aromatic heterocycles. The van der Waals surface area contributed by atoms with Gasteiger partial charge < -0.3 is 11.1 Å². The lowest BCUT2D eigenvalue weighted by molar-refractivity contribution is -0.113. The first-order valence-electron chi connectivity index (χ1n) is 9.76. The van der Waals surface area contributed by atoms with E-state index in [1.165, 1.54) is 24.3 Å². The largest absolute Gasteiger partial charge is 0.383 e. The fourth-order valence-corrected chi connectivity index (χ4v) is 3.89. The summed E-state index contributed by atoms with van der Waals surface area (Å²) in [5.41, 5.74) is 8.99. The van der Waals surface area contributed by atoms with Crippen molar-refractivity contribution in [2.45, 2.75) is 24.8 Å². The molecular weight excluding hydrogens is 425 g/mol. The second kappa shape index (κ2) is 9.95. The SMILES string of the molecule is CC(C)c1ccc(-c2c(C#N)c(N)nc(SCC(=O)Nc3ccc(F)cc3)c2C#N)cc1. The summed E-state index contributed by atoms with van der Waals surface area (Å²) in [6, 6.07) is 17.2. The third kappa shape index (κ3) is 5.05. The number of anilines is 2. The van der Waals surface area contributed by atoms with Crippen LogP contribution in [0.3, 0.4) is 0 Å². The van der Waals surface area contributed by atoms with E-state index in [1.807, 2.05) is 30.3 Å². The maximum absolute atomic E-state index is 13.0. The molecule has 2 aromatic carbocycles. The lowest BCUT2D eigenvalue weighted by atomic mass is 9.94. The molecule has 0 aliphatic rings. The predicted molar refractivity (Wildman–Crippen MR) is 123 cm³/mol. The third-order valence-corrected chi connectivity index (χ3v) is 5.72. The van der Waals surface area contributed by atoms with Crippen LogP contribution >= 0.6 is 11.8 Å². The van der Waals surface area contributed by atoms with Crippen molar-refractivity contribution in [1.82, 2.24) is 4.98 Å². The molecule has 160 valence electrons. The van der Waals surface area contributed by atoms with E-state index in [1.54, 1.807) is 0 Å². The van der Waals surface area contributed by atoms with Gasteiger partial charge in [0.25, 0.3) is 0 Å². The van der Waals surface area contributed by atoms with Crippen molar-refractivity contribution >= 4 is 29.2 Å². The number of carbonyl (C=O) groups excluding carboxylic acids is 1. The van der Waals surface area contributed by atoms with Gasteiger partial charge in [-0.1, -0.05) is 49.9 Å². The van der Waals surface area contributed by atoms with Gasteiger partial charge in [-0.15, -0.1) is 0 Å². The van der Waals surface area contributed by atoms with Gasteiger partial charge in [0.1, 0.15) is 34.4 Å². The number of benzene rings is 2. The van der Waals surface area contributed by atoms with Gasteiger partial charge in [0.15, 0.2) is 0 Å². The number of nitriles is 2. The van der Waals surface area contributed by atoms with Gasteiger partial charge in [0.05, 0.1) is 11.3 Å². The molecule has 0 spiro atoms. The molecule has 0 aliphatic carbocycles. The van der Waals surface area contributed by atoms with Gasteiger partial charge in [0.2, 0.25) is 5.91 Å². The van der Waals surface area contributed by atoms with Crippen LogP contribution < -0.4 is 11.1 Å². The summed E-state index contributed by atoms with van der Waals surface area (Å²) in [7, 11) is 0. The molecule has 8 heteroatoms. The quantitative estimate of drug-likeness (QED) is 0.512. The summed E-state index contributed by atoms with van der Waals surface area (Å²) < 4.78 is 13.0. The number of halogens is 1. The molecule has 0 saturated heterocycles. The molecule has 1 amide bonds. The second-order valence-corrected chi connectivity index (χ2v) is 8.24. The van der Waals surface area contributed by atoms with Crippen molar-refractivity contribution in [2.75, 3.05) is 16.8 Å². The van der Waals surface area contributed by atoms with E-state index < -0.39 is 5.82 Å². The maximum Gasteiger partial charge on any atom is 0.234 e. The Morgan fingerprint density at radius 1 is 1.09 bits per heavy atom. The van der Waals surface area contributed by atoms with Gasteiger partial charge in [-0.25, -0.2) is 9.37 Å². The summed E-state index contributed by atoms with van der Waals surface area (Å²) >= 11 is 1.04. The Labute approximate surface area is 189 Å². The molecule has 0 saturated carbocycles. The molecule has 0 unspecified atom stereocenters. The third-order valence-electron chi connectivity index (χ3n) is 4.75. The Balaban J connectivity index is 1.91. The number of carbonyl (C=O) groups is 1. The van der Waals surface area contributed by atoms with Crippen LogP contribution in [0, 0.1) is 28.5 Å². The fourth-order valence-electron chi connectivity index (χ4n) is 3.09. The number of aromatic nitrogens is 1. The molecule has 32 heavy (non-hydrogen) atoms. The topological polar surface area (TPSA) is 116 Å². The second-order valence-electron chi connectivity index (χ2n) is 7.27. The predicted octanol–water partition coefficient (Wildman–Crippen LogP) is 5.07.